The fraction of sp³-hybridized carbons (Fsp3) is 0.273. The number of rotatable bonds is 2. The molecule has 84 valence electrons. The molecule has 0 spiro atoms. The molecule has 2 rings (SSSR count). The molecule has 0 aromatic heterocycles. The summed E-state index contributed by atoms with van der Waals surface area (Å²) in [6.45, 7) is 2.41. The van der Waals surface area contributed by atoms with Crippen LogP contribution in [0.25, 0.3) is 0 Å². The maximum atomic E-state index is 11.6. The average molecular weight is 236 g/mol. The Kier molecular flexibility index (Phi) is 2.87. The maximum absolute atomic E-state index is 11.6. The summed E-state index contributed by atoms with van der Waals surface area (Å²) in [5.74, 6) is -0.803. The molecule has 1 aliphatic rings. The zero-order valence-corrected chi connectivity index (χ0v) is 9.54. The predicted octanol–water partition coefficient (Wildman–Crippen LogP) is 0.509. The first-order valence-electron chi connectivity index (χ1n) is 4.92. The van der Waals surface area contributed by atoms with E-state index in [1.54, 1.807) is 11.0 Å². The fourth-order valence-electron chi connectivity index (χ4n) is 1.68. The summed E-state index contributed by atoms with van der Waals surface area (Å²) in [5, 5.41) is 10.7. The molecule has 0 atom stereocenters. The number of hydrogen-bond acceptors (Lipinski definition) is 4. The Bertz CT molecular complexity index is 459. The lowest BCUT2D eigenvalue weighted by atomic mass is 10.2. The smallest absolute Gasteiger partial charge is 0.237 e. The minimum atomic E-state index is -1.22. The minimum Gasteiger partial charge on any atom is -0.545 e. The van der Waals surface area contributed by atoms with Gasteiger partial charge in [-0.3, -0.25) is 4.79 Å². The molecule has 0 unspecified atom stereocenters. The molecular formula is C11H10NO3S-. The van der Waals surface area contributed by atoms with Gasteiger partial charge >= 0.3 is 0 Å². The van der Waals surface area contributed by atoms with Gasteiger partial charge in [-0.2, -0.15) is 0 Å². The summed E-state index contributed by atoms with van der Waals surface area (Å²) in [7, 11) is 0. The number of nitrogens with zero attached hydrogens (tertiary/aromatic N) is 1. The lowest BCUT2D eigenvalue weighted by molar-refractivity contribution is -0.255. The van der Waals surface area contributed by atoms with Crippen molar-refractivity contribution >= 4 is 29.3 Å². The lowest BCUT2D eigenvalue weighted by Gasteiger charge is -2.28. The number of carbonyl (C=O) groups is 2. The van der Waals surface area contributed by atoms with E-state index >= 15 is 0 Å². The summed E-state index contributed by atoms with van der Waals surface area (Å²) in [6.07, 6.45) is 0. The molecule has 1 aromatic carbocycles. The molecule has 1 heterocycles. The molecule has 0 aliphatic carbocycles. The van der Waals surface area contributed by atoms with E-state index in [0.29, 0.717) is 18.0 Å². The molecule has 0 saturated heterocycles. The highest BCUT2D eigenvalue weighted by molar-refractivity contribution is 8.00. The molecule has 0 radical (unpaired) electrons. The highest BCUT2D eigenvalue weighted by atomic mass is 32.2. The predicted molar refractivity (Wildman–Crippen MR) is 59.5 cm³/mol. The van der Waals surface area contributed by atoms with Gasteiger partial charge in [0.15, 0.2) is 0 Å². The molecule has 0 fully saturated rings. The molecule has 1 amide bonds. The Balaban J connectivity index is 2.49. The molecule has 0 N–H and O–H groups in total. The first-order valence-corrected chi connectivity index (χ1v) is 5.90. The lowest BCUT2D eigenvalue weighted by Crippen LogP contribution is -2.35. The first kappa shape index (κ1) is 11.0. The third kappa shape index (κ3) is 1.78. The van der Waals surface area contributed by atoms with Crippen LogP contribution < -0.4 is 10.0 Å². The van der Waals surface area contributed by atoms with E-state index < -0.39 is 5.97 Å². The van der Waals surface area contributed by atoms with Crippen LogP contribution in [0.3, 0.4) is 0 Å². The summed E-state index contributed by atoms with van der Waals surface area (Å²) in [4.78, 5) is 24.9. The van der Waals surface area contributed by atoms with Crippen molar-refractivity contribution in [3.63, 3.8) is 0 Å². The first-order chi connectivity index (χ1) is 7.63. The molecule has 1 aromatic rings. The number of benzene rings is 1. The van der Waals surface area contributed by atoms with E-state index in [1.807, 2.05) is 6.92 Å². The van der Waals surface area contributed by atoms with Gasteiger partial charge in [0.05, 0.1) is 17.4 Å². The summed E-state index contributed by atoms with van der Waals surface area (Å²) in [6, 6.07) is 4.73. The van der Waals surface area contributed by atoms with E-state index in [2.05, 4.69) is 0 Å². The molecule has 0 bridgehead atoms. The topological polar surface area (TPSA) is 60.4 Å². The third-order valence-electron chi connectivity index (χ3n) is 2.45. The van der Waals surface area contributed by atoms with Gasteiger partial charge in [-0.15, -0.1) is 11.8 Å². The van der Waals surface area contributed by atoms with Crippen LogP contribution in [-0.2, 0) is 4.79 Å². The molecule has 1 aliphatic heterocycles. The number of amides is 1. The molecule has 4 nitrogen and oxygen atoms in total. The largest absolute Gasteiger partial charge is 0.545 e. The minimum absolute atomic E-state index is 0.00972. The van der Waals surface area contributed by atoms with E-state index in [-0.39, 0.29) is 11.5 Å². The van der Waals surface area contributed by atoms with Crippen LogP contribution in [0.15, 0.2) is 23.1 Å². The monoisotopic (exact) mass is 236 g/mol. The molecule has 5 heteroatoms. The van der Waals surface area contributed by atoms with E-state index in [0.717, 1.165) is 4.90 Å². The van der Waals surface area contributed by atoms with Crippen molar-refractivity contribution in [2.45, 2.75) is 11.8 Å². The van der Waals surface area contributed by atoms with Gasteiger partial charge in [0, 0.05) is 11.4 Å². The van der Waals surface area contributed by atoms with Crippen LogP contribution in [0.2, 0.25) is 0 Å². The highest BCUT2D eigenvalue weighted by Gasteiger charge is 2.23. The van der Waals surface area contributed by atoms with Crippen molar-refractivity contribution in [1.82, 2.24) is 0 Å². The van der Waals surface area contributed by atoms with Crippen molar-refractivity contribution < 1.29 is 14.7 Å². The Hall–Kier alpha value is -1.49. The van der Waals surface area contributed by atoms with Crippen LogP contribution >= 0.6 is 11.8 Å². The second-order valence-corrected chi connectivity index (χ2v) is 4.41. The van der Waals surface area contributed by atoms with Crippen molar-refractivity contribution in [2.75, 3.05) is 17.2 Å². The van der Waals surface area contributed by atoms with Gasteiger partial charge < -0.3 is 14.8 Å². The van der Waals surface area contributed by atoms with E-state index in [4.69, 9.17) is 0 Å². The Morgan fingerprint density at radius 2 is 2.31 bits per heavy atom. The maximum Gasteiger partial charge on any atom is 0.237 e. The number of anilines is 1. The SMILES string of the molecule is CCN1C(=O)CSc2ccc(C(=O)[O-])cc21. The van der Waals surface area contributed by atoms with Gasteiger partial charge in [-0.1, -0.05) is 6.07 Å². The second kappa shape index (κ2) is 4.17. The van der Waals surface area contributed by atoms with Crippen molar-refractivity contribution in [2.24, 2.45) is 0 Å². The van der Waals surface area contributed by atoms with Gasteiger partial charge in [0.2, 0.25) is 5.91 Å². The number of carboxylic acid groups (broad SMARTS) is 1. The Morgan fingerprint density at radius 3 is 2.94 bits per heavy atom. The average Bonchev–Trinajstić information content (AvgIpc) is 2.28. The van der Waals surface area contributed by atoms with Crippen LogP contribution in [0.4, 0.5) is 5.69 Å². The van der Waals surface area contributed by atoms with Gasteiger partial charge in [0.1, 0.15) is 0 Å². The van der Waals surface area contributed by atoms with Crippen molar-refractivity contribution in [3.05, 3.63) is 23.8 Å². The van der Waals surface area contributed by atoms with E-state index in [1.165, 1.54) is 23.9 Å². The van der Waals surface area contributed by atoms with Crippen LogP contribution in [0.5, 0.6) is 0 Å². The Morgan fingerprint density at radius 1 is 1.56 bits per heavy atom. The summed E-state index contributed by atoms with van der Waals surface area (Å²) in [5.41, 5.74) is 0.776. The quantitative estimate of drug-likeness (QED) is 0.750. The summed E-state index contributed by atoms with van der Waals surface area (Å²) < 4.78 is 0. The van der Waals surface area contributed by atoms with Gasteiger partial charge in [-0.25, -0.2) is 0 Å². The standard InChI is InChI=1S/C11H11NO3S/c1-2-12-8-5-7(11(14)15)3-4-9(8)16-6-10(12)13/h3-5H,2,6H2,1H3,(H,14,15)/p-1. The van der Waals surface area contributed by atoms with Crippen LogP contribution in [0.1, 0.15) is 17.3 Å². The highest BCUT2D eigenvalue weighted by Crippen LogP contribution is 2.35. The molecule has 0 saturated carbocycles. The third-order valence-corrected chi connectivity index (χ3v) is 3.50. The molecular weight excluding hydrogens is 226 g/mol. The number of carbonyl (C=O) groups excluding carboxylic acids is 2. The van der Waals surface area contributed by atoms with Crippen LogP contribution in [-0.4, -0.2) is 24.2 Å². The van der Waals surface area contributed by atoms with Gasteiger partial charge in [-0.05, 0) is 24.6 Å². The number of hydrogen-bond donors (Lipinski definition) is 0. The Labute approximate surface area is 97.3 Å². The van der Waals surface area contributed by atoms with Crippen molar-refractivity contribution in [1.29, 1.82) is 0 Å². The number of carboxylic acids is 1. The zero-order chi connectivity index (χ0) is 11.7. The zero-order valence-electron chi connectivity index (χ0n) is 8.73. The van der Waals surface area contributed by atoms with Crippen molar-refractivity contribution in [3.8, 4) is 0 Å². The van der Waals surface area contributed by atoms with Gasteiger partial charge in [0.25, 0.3) is 0 Å². The number of fused-ring (bicyclic) bond motifs is 1. The molecule has 16 heavy (non-hydrogen) atoms. The van der Waals surface area contributed by atoms with E-state index in [9.17, 15) is 14.7 Å². The fourth-order valence-corrected chi connectivity index (χ4v) is 2.59. The number of aromatic carboxylic acids is 1. The summed E-state index contributed by atoms with van der Waals surface area (Å²) >= 11 is 1.43. The number of thioether (sulfide) groups is 1. The second-order valence-electron chi connectivity index (χ2n) is 3.40. The van der Waals surface area contributed by atoms with Crippen LogP contribution in [0, 0.1) is 0 Å². The normalized spacial score (nSPS) is 14.8.